The molecule has 1 aromatic heterocycles. The van der Waals surface area contributed by atoms with Crippen LogP contribution in [-0.4, -0.2) is 10.7 Å². The van der Waals surface area contributed by atoms with E-state index in [1.165, 1.54) is 12.8 Å². The second-order valence-electron chi connectivity index (χ2n) is 5.74. The minimum Gasteiger partial charge on any atom is -0.258 e. The standard InChI is InChI=1S/C16H16N2/c1-12-5-4-7-16-11-15(12,16)8-10-18-14(16)13-6-2-3-9-17-13/h2-4,6-10,12H,5,11H2,1H3. The van der Waals surface area contributed by atoms with Gasteiger partial charge in [-0.1, -0.05) is 31.2 Å². The van der Waals surface area contributed by atoms with Crippen molar-refractivity contribution < 1.29 is 0 Å². The minimum atomic E-state index is 0.133. The summed E-state index contributed by atoms with van der Waals surface area (Å²) in [5, 5.41) is 0. The fourth-order valence-corrected chi connectivity index (χ4v) is 3.84. The lowest BCUT2D eigenvalue weighted by atomic mass is 9.73. The van der Waals surface area contributed by atoms with Crippen LogP contribution < -0.4 is 0 Å². The number of aromatic nitrogens is 1. The van der Waals surface area contributed by atoms with Gasteiger partial charge in [0.2, 0.25) is 0 Å². The Hall–Kier alpha value is -1.70. The zero-order valence-electron chi connectivity index (χ0n) is 10.5. The van der Waals surface area contributed by atoms with Crippen molar-refractivity contribution in [1.82, 2.24) is 4.98 Å². The molecule has 0 bridgehead atoms. The highest BCUT2D eigenvalue weighted by Crippen LogP contribution is 2.74. The molecule has 0 spiro atoms. The number of rotatable bonds is 1. The quantitative estimate of drug-likeness (QED) is 0.686. The SMILES string of the molecule is CC1CC=CC23CC12C=CN=C3c1ccccn1. The first-order chi connectivity index (χ1) is 8.79. The lowest BCUT2D eigenvalue weighted by Crippen LogP contribution is -2.31. The molecule has 1 aromatic rings. The Bertz CT molecular complexity index is 584. The van der Waals surface area contributed by atoms with Crippen molar-refractivity contribution in [3.05, 3.63) is 54.5 Å². The molecular weight excluding hydrogens is 220 g/mol. The van der Waals surface area contributed by atoms with Crippen LogP contribution in [0.5, 0.6) is 0 Å². The van der Waals surface area contributed by atoms with E-state index >= 15 is 0 Å². The van der Waals surface area contributed by atoms with Crippen LogP contribution in [0.3, 0.4) is 0 Å². The molecule has 3 unspecified atom stereocenters. The lowest BCUT2D eigenvalue weighted by molar-refractivity contribution is 0.357. The highest BCUT2D eigenvalue weighted by atomic mass is 14.9. The normalized spacial score (nSPS) is 39.8. The van der Waals surface area contributed by atoms with E-state index in [0.29, 0.717) is 11.3 Å². The predicted octanol–water partition coefficient (Wildman–Crippen LogP) is 3.37. The van der Waals surface area contributed by atoms with Gasteiger partial charge in [-0.3, -0.25) is 9.98 Å². The number of pyridine rings is 1. The van der Waals surface area contributed by atoms with Gasteiger partial charge in [0.15, 0.2) is 0 Å². The largest absolute Gasteiger partial charge is 0.258 e. The Kier molecular flexibility index (Phi) is 1.82. The Morgan fingerprint density at radius 3 is 3.06 bits per heavy atom. The summed E-state index contributed by atoms with van der Waals surface area (Å²) in [4.78, 5) is 9.14. The first-order valence-electron chi connectivity index (χ1n) is 6.64. The van der Waals surface area contributed by atoms with Crippen LogP contribution in [0.4, 0.5) is 0 Å². The first-order valence-corrected chi connectivity index (χ1v) is 6.64. The summed E-state index contributed by atoms with van der Waals surface area (Å²) < 4.78 is 0. The van der Waals surface area contributed by atoms with Crippen LogP contribution in [0.15, 0.2) is 53.8 Å². The van der Waals surface area contributed by atoms with Gasteiger partial charge < -0.3 is 0 Å². The smallest absolute Gasteiger partial charge is 0.0853 e. The van der Waals surface area contributed by atoms with Gasteiger partial charge >= 0.3 is 0 Å². The number of allylic oxidation sites excluding steroid dienone is 3. The van der Waals surface area contributed by atoms with Crippen LogP contribution in [0.2, 0.25) is 0 Å². The summed E-state index contributed by atoms with van der Waals surface area (Å²) >= 11 is 0. The molecule has 0 N–H and O–H groups in total. The maximum Gasteiger partial charge on any atom is 0.0853 e. The fourth-order valence-electron chi connectivity index (χ4n) is 3.84. The number of nitrogens with zero attached hydrogens (tertiary/aromatic N) is 2. The molecule has 4 rings (SSSR count). The highest BCUT2D eigenvalue weighted by molar-refractivity contribution is 6.09. The highest BCUT2D eigenvalue weighted by Gasteiger charge is 2.71. The van der Waals surface area contributed by atoms with Crippen molar-refractivity contribution >= 4 is 5.71 Å². The van der Waals surface area contributed by atoms with Crippen LogP contribution in [0, 0.1) is 16.7 Å². The van der Waals surface area contributed by atoms with Gasteiger partial charge in [0.25, 0.3) is 0 Å². The van der Waals surface area contributed by atoms with Crippen molar-refractivity contribution in [3.8, 4) is 0 Å². The molecule has 3 aliphatic rings. The van der Waals surface area contributed by atoms with Crippen LogP contribution in [0.25, 0.3) is 0 Å². The van der Waals surface area contributed by atoms with Gasteiger partial charge in [-0.25, -0.2) is 0 Å². The zero-order chi connectivity index (χ0) is 12.2. The Labute approximate surface area is 107 Å². The summed E-state index contributed by atoms with van der Waals surface area (Å²) in [7, 11) is 0. The molecule has 0 saturated heterocycles. The minimum absolute atomic E-state index is 0.133. The van der Waals surface area contributed by atoms with E-state index in [4.69, 9.17) is 0 Å². The number of hydrogen-bond donors (Lipinski definition) is 0. The number of hydrogen-bond acceptors (Lipinski definition) is 2. The molecule has 2 heterocycles. The summed E-state index contributed by atoms with van der Waals surface area (Å²) in [5.41, 5.74) is 2.64. The molecule has 1 saturated carbocycles. The van der Waals surface area contributed by atoms with E-state index < -0.39 is 0 Å². The van der Waals surface area contributed by atoms with Crippen molar-refractivity contribution in [1.29, 1.82) is 0 Å². The Morgan fingerprint density at radius 2 is 2.22 bits per heavy atom. The molecule has 1 fully saturated rings. The molecule has 1 aliphatic heterocycles. The average molecular weight is 236 g/mol. The van der Waals surface area contributed by atoms with Gasteiger partial charge in [0.05, 0.1) is 11.4 Å². The molecular formula is C16H16N2. The molecule has 0 amide bonds. The second kappa shape index (κ2) is 3.19. The third-order valence-electron chi connectivity index (χ3n) is 4.95. The fraction of sp³-hybridized carbons (Fsp3) is 0.375. The van der Waals surface area contributed by atoms with Crippen LogP contribution >= 0.6 is 0 Å². The third-order valence-corrected chi connectivity index (χ3v) is 4.95. The van der Waals surface area contributed by atoms with Gasteiger partial charge in [0.1, 0.15) is 0 Å². The molecule has 3 atom stereocenters. The lowest BCUT2D eigenvalue weighted by Gasteiger charge is -2.32. The monoisotopic (exact) mass is 236 g/mol. The maximum absolute atomic E-state index is 4.65. The topological polar surface area (TPSA) is 25.2 Å². The Morgan fingerprint density at radius 1 is 1.28 bits per heavy atom. The van der Waals surface area contributed by atoms with Crippen LogP contribution in [0.1, 0.15) is 25.5 Å². The molecule has 2 aliphatic carbocycles. The van der Waals surface area contributed by atoms with E-state index in [1.54, 1.807) is 0 Å². The predicted molar refractivity (Wildman–Crippen MR) is 72.3 cm³/mol. The maximum atomic E-state index is 4.65. The summed E-state index contributed by atoms with van der Waals surface area (Å²) in [6, 6.07) is 6.07. The zero-order valence-corrected chi connectivity index (χ0v) is 10.5. The molecule has 2 nitrogen and oxygen atoms in total. The molecule has 0 radical (unpaired) electrons. The second-order valence-corrected chi connectivity index (χ2v) is 5.74. The van der Waals surface area contributed by atoms with Crippen molar-refractivity contribution in [3.63, 3.8) is 0 Å². The molecule has 18 heavy (non-hydrogen) atoms. The van der Waals surface area contributed by atoms with Crippen molar-refractivity contribution in [2.75, 3.05) is 0 Å². The van der Waals surface area contributed by atoms with E-state index in [1.807, 2.05) is 24.5 Å². The molecule has 0 aromatic carbocycles. The summed E-state index contributed by atoms with van der Waals surface area (Å²) in [6.07, 6.45) is 13.3. The third kappa shape index (κ3) is 1.04. The number of aliphatic imine (C=N–C) groups is 1. The summed E-state index contributed by atoms with van der Waals surface area (Å²) in [5.74, 6) is 0.702. The van der Waals surface area contributed by atoms with E-state index in [-0.39, 0.29) is 5.41 Å². The summed E-state index contributed by atoms with van der Waals surface area (Å²) in [6.45, 7) is 2.36. The first kappa shape index (κ1) is 10.2. The van der Waals surface area contributed by atoms with E-state index in [9.17, 15) is 0 Å². The average Bonchev–Trinajstić information content (AvgIpc) is 3.11. The van der Waals surface area contributed by atoms with Gasteiger partial charge in [-0.15, -0.1) is 0 Å². The Balaban J connectivity index is 1.87. The van der Waals surface area contributed by atoms with E-state index in [2.05, 4.69) is 41.2 Å². The van der Waals surface area contributed by atoms with Crippen molar-refractivity contribution in [2.24, 2.45) is 21.7 Å². The molecule has 90 valence electrons. The van der Waals surface area contributed by atoms with Crippen LogP contribution in [-0.2, 0) is 0 Å². The van der Waals surface area contributed by atoms with Gasteiger partial charge in [-0.05, 0) is 30.9 Å². The van der Waals surface area contributed by atoms with Gasteiger partial charge in [0, 0.05) is 23.2 Å². The van der Waals surface area contributed by atoms with E-state index in [0.717, 1.165) is 11.4 Å². The molecule has 2 heteroatoms. The van der Waals surface area contributed by atoms with Gasteiger partial charge in [-0.2, -0.15) is 0 Å². The van der Waals surface area contributed by atoms with Crippen molar-refractivity contribution in [2.45, 2.75) is 19.8 Å².